The van der Waals surface area contributed by atoms with Crippen molar-refractivity contribution in [2.45, 2.75) is 137 Å². The van der Waals surface area contributed by atoms with E-state index in [2.05, 4.69) is 10.6 Å². The summed E-state index contributed by atoms with van der Waals surface area (Å²) in [5, 5.41) is 111. The van der Waals surface area contributed by atoms with Crippen LogP contribution in [0.3, 0.4) is 0 Å². The molecule has 0 aromatic carbocycles. The molecule has 0 radical (unpaired) electrons. The third kappa shape index (κ3) is 9.69. The lowest BCUT2D eigenvalue weighted by Gasteiger charge is -2.50. The van der Waals surface area contributed by atoms with Crippen LogP contribution in [0.4, 0.5) is 0 Å². The number of ether oxygens (including phenoxy) is 8. The minimum atomic E-state index is -2.24. The monoisotopic (exact) mass is 802 g/mol. The van der Waals surface area contributed by atoms with Gasteiger partial charge in [0, 0.05) is 28.1 Å². The number of aliphatic hydroxyl groups excluding tert-OH is 8. The van der Waals surface area contributed by atoms with Gasteiger partial charge in [-0.2, -0.15) is 0 Å². The average Bonchev–Trinajstić information content (AvgIpc) is 3.12. The fourth-order valence-electron chi connectivity index (χ4n) is 7.22. The van der Waals surface area contributed by atoms with Gasteiger partial charge in [0.15, 0.2) is 25.0 Å². The van der Waals surface area contributed by atoms with Crippen LogP contribution in [-0.2, 0) is 57.1 Å². The van der Waals surface area contributed by atoms with Crippen LogP contribution in [0.5, 0.6) is 0 Å². The molecule has 8 unspecified atom stereocenters. The molecule has 0 spiro atoms. The highest BCUT2D eigenvalue weighted by molar-refractivity contribution is 5.74. The van der Waals surface area contributed by atoms with Gasteiger partial charge >= 0.3 is 11.9 Å². The first-order chi connectivity index (χ1) is 25.9. The van der Waals surface area contributed by atoms with Crippen LogP contribution >= 0.6 is 0 Å². The van der Waals surface area contributed by atoms with Gasteiger partial charge < -0.3 is 99.6 Å². The number of aliphatic carboxylic acids is 2. The Hall–Kier alpha value is -2.76. The smallest absolute Gasteiger partial charge is 0.335 e. The molecule has 1 saturated carbocycles. The molecule has 20 atom stereocenters. The van der Waals surface area contributed by atoms with E-state index in [4.69, 9.17) is 37.9 Å². The molecule has 4 aliphatic rings. The molecule has 2 amide bonds. The topological polar surface area (TPSA) is 368 Å². The number of carbonyl (C=O) groups excluding carboxylic acids is 2. The molecule has 24 nitrogen and oxygen atoms in total. The van der Waals surface area contributed by atoms with Gasteiger partial charge in [-0.05, 0) is 6.42 Å². The van der Waals surface area contributed by atoms with Gasteiger partial charge in [-0.15, -0.1) is 0 Å². The van der Waals surface area contributed by atoms with E-state index in [1.807, 2.05) is 0 Å². The maximum atomic E-state index is 12.6. The standard InChI is InChI=1S/C31H50N2O22/c1-8(36)32-14-24(18(40)12(6-34)51-29(14)49-4)53-31-21(43)20(42)25(26(55-31)28(46)47)54-30-15(33-9(2)37)23(17(39)13(7-35)52-30)50-11-5-10(27(44)45)22(48-3)19(41)16(11)38/h10-26,29-31,34-35,38-43H,5-7H2,1-4H3,(H,32,36)(H,33,37)(H,44,45)(H,46,47)/t10?,11-,12?,13?,14?,15?,16?,17-,18-,19-,20-,21?,22-,23-,24-,25+,26?,29-,30+,31-/m1/s1. The zero-order valence-electron chi connectivity index (χ0n) is 30.0. The van der Waals surface area contributed by atoms with E-state index in [1.54, 1.807) is 0 Å². The number of hydrogen-bond acceptors (Lipinski definition) is 20. The fraction of sp³-hybridized carbons (Fsp3) is 0.871. The van der Waals surface area contributed by atoms with Crippen molar-refractivity contribution in [2.75, 3.05) is 27.4 Å². The first kappa shape index (κ1) is 44.9. The Balaban J connectivity index is 1.63. The van der Waals surface area contributed by atoms with Crippen molar-refractivity contribution in [3.05, 3.63) is 0 Å². The van der Waals surface area contributed by atoms with E-state index in [0.717, 1.165) is 21.0 Å². The maximum absolute atomic E-state index is 12.6. The van der Waals surface area contributed by atoms with Crippen LogP contribution in [0, 0.1) is 5.92 Å². The molecular formula is C31H50N2O22. The van der Waals surface area contributed by atoms with Gasteiger partial charge in [0.05, 0.1) is 31.3 Å². The number of carboxylic acid groups (broad SMARTS) is 2. The summed E-state index contributed by atoms with van der Waals surface area (Å²) in [6, 6.07) is -3.00. The summed E-state index contributed by atoms with van der Waals surface area (Å²) >= 11 is 0. The molecule has 0 bridgehead atoms. The third-order valence-corrected chi connectivity index (χ3v) is 9.92. The van der Waals surface area contributed by atoms with Crippen LogP contribution in [-0.4, -0.2) is 219 Å². The predicted molar refractivity (Wildman–Crippen MR) is 171 cm³/mol. The van der Waals surface area contributed by atoms with Crippen molar-refractivity contribution in [1.82, 2.24) is 10.6 Å². The minimum absolute atomic E-state index is 0.475. The van der Waals surface area contributed by atoms with Crippen molar-refractivity contribution in [1.29, 1.82) is 0 Å². The van der Waals surface area contributed by atoms with Crippen LogP contribution in [0.1, 0.15) is 20.3 Å². The van der Waals surface area contributed by atoms with E-state index in [-0.39, 0.29) is 0 Å². The van der Waals surface area contributed by atoms with Crippen LogP contribution in [0.15, 0.2) is 0 Å². The molecule has 1 aliphatic carbocycles. The molecule has 0 aromatic rings. The Kier molecular flexibility index (Phi) is 15.6. The van der Waals surface area contributed by atoms with E-state index in [1.165, 1.54) is 7.11 Å². The molecule has 316 valence electrons. The second-order valence-electron chi connectivity index (χ2n) is 13.6. The van der Waals surface area contributed by atoms with Gasteiger partial charge in [-0.1, -0.05) is 0 Å². The van der Waals surface area contributed by atoms with E-state index >= 15 is 0 Å². The highest BCUT2D eigenvalue weighted by Gasteiger charge is 2.57. The molecule has 4 fully saturated rings. The van der Waals surface area contributed by atoms with Gasteiger partial charge in [-0.25, -0.2) is 4.79 Å². The van der Waals surface area contributed by atoms with Gasteiger partial charge in [0.2, 0.25) is 11.8 Å². The molecule has 55 heavy (non-hydrogen) atoms. The number of amides is 2. The molecule has 12 N–H and O–H groups in total. The molecule has 3 saturated heterocycles. The van der Waals surface area contributed by atoms with Gasteiger partial charge in [-0.3, -0.25) is 14.4 Å². The van der Waals surface area contributed by atoms with Crippen molar-refractivity contribution in [3.63, 3.8) is 0 Å². The average molecular weight is 803 g/mol. The number of hydrogen-bond donors (Lipinski definition) is 12. The number of aliphatic hydroxyl groups is 8. The van der Waals surface area contributed by atoms with Gasteiger partial charge in [0.25, 0.3) is 0 Å². The van der Waals surface area contributed by atoms with Crippen LogP contribution in [0.25, 0.3) is 0 Å². The van der Waals surface area contributed by atoms with Crippen molar-refractivity contribution >= 4 is 23.8 Å². The minimum Gasteiger partial charge on any atom is -0.481 e. The Labute approximate surface area is 312 Å². The lowest BCUT2D eigenvalue weighted by molar-refractivity contribution is -0.362. The largest absolute Gasteiger partial charge is 0.481 e. The first-order valence-electron chi connectivity index (χ1n) is 17.2. The highest BCUT2D eigenvalue weighted by atomic mass is 16.8. The van der Waals surface area contributed by atoms with Crippen molar-refractivity contribution in [2.24, 2.45) is 5.92 Å². The SMILES string of the molecule is CO[C@@H]1OC(CO)[C@@H](O)[C@H](O[C@@H]2OC(C(=O)O)[C@@H](O[C@@H]3OC(CO)[C@@H](O)[C@H](O[C@@H]4CC(C(=O)O)[C@@H](OC)[C@H](O)C4O)C3NC(C)=O)[C@H](O)C2O)C1NC(C)=O. The quantitative estimate of drug-likeness (QED) is 0.0776. The Morgan fingerprint density at radius 2 is 1.07 bits per heavy atom. The zero-order valence-corrected chi connectivity index (χ0v) is 30.0. The number of carboxylic acids is 2. The second-order valence-corrected chi connectivity index (χ2v) is 13.6. The summed E-state index contributed by atoms with van der Waals surface area (Å²) in [6.45, 7) is 0.434. The van der Waals surface area contributed by atoms with E-state index in [9.17, 15) is 70.2 Å². The normalized spacial score (nSPS) is 45.0. The first-order valence-corrected chi connectivity index (χ1v) is 17.2. The summed E-state index contributed by atoms with van der Waals surface area (Å²) in [7, 11) is 2.31. The summed E-state index contributed by atoms with van der Waals surface area (Å²) in [5.41, 5.74) is 0. The van der Waals surface area contributed by atoms with Crippen molar-refractivity contribution < 1.29 is 108 Å². The molecule has 0 aromatic heterocycles. The highest BCUT2D eigenvalue weighted by Crippen LogP contribution is 2.36. The number of nitrogens with one attached hydrogen (secondary N) is 2. The van der Waals surface area contributed by atoms with E-state index < -0.39 is 166 Å². The number of rotatable bonds is 14. The Bertz CT molecular complexity index is 1330. The van der Waals surface area contributed by atoms with Crippen LogP contribution < -0.4 is 10.6 Å². The second kappa shape index (κ2) is 19.1. The molecule has 4 rings (SSSR count). The number of methoxy groups -OCH3 is 2. The zero-order chi connectivity index (χ0) is 41.0. The summed E-state index contributed by atoms with van der Waals surface area (Å²) in [4.78, 5) is 49.0. The lowest BCUT2D eigenvalue weighted by atomic mass is 9.80. The summed E-state index contributed by atoms with van der Waals surface area (Å²) in [5.74, 6) is -6.09. The summed E-state index contributed by atoms with van der Waals surface area (Å²) < 4.78 is 44.4. The Morgan fingerprint density at radius 3 is 1.55 bits per heavy atom. The molecule has 3 heterocycles. The summed E-state index contributed by atoms with van der Waals surface area (Å²) in [6.07, 6.45) is -31.0. The van der Waals surface area contributed by atoms with Crippen LogP contribution in [0.2, 0.25) is 0 Å². The number of carbonyl (C=O) groups is 4. The van der Waals surface area contributed by atoms with Crippen molar-refractivity contribution in [3.8, 4) is 0 Å². The fourth-order valence-corrected chi connectivity index (χ4v) is 7.22. The lowest BCUT2D eigenvalue weighted by Crippen LogP contribution is -2.70. The predicted octanol–water partition coefficient (Wildman–Crippen LogP) is -7.30. The molecular weight excluding hydrogens is 752 g/mol. The van der Waals surface area contributed by atoms with Gasteiger partial charge in [0.1, 0.15) is 79.2 Å². The third-order valence-electron chi connectivity index (χ3n) is 9.92. The van der Waals surface area contributed by atoms with E-state index in [0.29, 0.717) is 0 Å². The Morgan fingerprint density at radius 1 is 0.582 bits per heavy atom. The molecule has 3 aliphatic heterocycles. The molecule has 24 heteroatoms. The maximum Gasteiger partial charge on any atom is 0.335 e.